The van der Waals surface area contributed by atoms with Crippen molar-refractivity contribution in [3.63, 3.8) is 0 Å². The van der Waals surface area contributed by atoms with Crippen LogP contribution in [0.5, 0.6) is 5.75 Å². The van der Waals surface area contributed by atoms with Crippen molar-refractivity contribution in [1.82, 2.24) is 10.3 Å². The average molecular weight is 334 g/mol. The summed E-state index contributed by atoms with van der Waals surface area (Å²) in [5, 5.41) is 7.18. The van der Waals surface area contributed by atoms with Gasteiger partial charge in [-0.1, -0.05) is 0 Å². The molecule has 1 aromatic heterocycles. The second-order valence-corrected chi connectivity index (χ2v) is 4.89. The van der Waals surface area contributed by atoms with Crippen LogP contribution in [0.15, 0.2) is 30.5 Å². The Labute approximate surface area is 131 Å². The van der Waals surface area contributed by atoms with Gasteiger partial charge in [0, 0.05) is 29.9 Å². The van der Waals surface area contributed by atoms with Gasteiger partial charge in [0.05, 0.1) is 0 Å². The van der Waals surface area contributed by atoms with E-state index in [0.717, 1.165) is 25.2 Å². The molecule has 0 amide bonds. The largest absolute Gasteiger partial charge is 0.573 e. The Bertz CT molecular complexity index is 645. The number of alkyl halides is 3. The van der Waals surface area contributed by atoms with Crippen LogP contribution in [0.4, 0.5) is 18.9 Å². The van der Waals surface area contributed by atoms with Gasteiger partial charge >= 0.3 is 6.36 Å². The van der Waals surface area contributed by atoms with E-state index in [2.05, 4.69) is 20.4 Å². The Hall–Kier alpha value is -1.73. The van der Waals surface area contributed by atoms with Crippen molar-refractivity contribution in [3.05, 3.63) is 30.5 Å². The lowest BCUT2D eigenvalue weighted by atomic mass is 10.1. The molecule has 1 saturated heterocycles. The van der Waals surface area contributed by atoms with Crippen LogP contribution in [0.1, 0.15) is 6.42 Å². The smallest absolute Gasteiger partial charge is 0.403 e. The van der Waals surface area contributed by atoms with Gasteiger partial charge in [-0.3, -0.25) is 4.98 Å². The molecule has 0 saturated carbocycles. The Morgan fingerprint density at radius 2 is 2.09 bits per heavy atom. The SMILES string of the molecule is Cl.FC(F)(F)Oc1ccc(N[C@H]2CCNC2)c2cccnc12. The molecule has 0 spiro atoms. The summed E-state index contributed by atoms with van der Waals surface area (Å²) < 4.78 is 41.3. The summed E-state index contributed by atoms with van der Waals surface area (Å²) in [4.78, 5) is 4.02. The first kappa shape index (κ1) is 16.6. The van der Waals surface area contributed by atoms with E-state index in [0.29, 0.717) is 5.39 Å². The Morgan fingerprint density at radius 1 is 1.27 bits per heavy atom. The number of aromatic nitrogens is 1. The minimum atomic E-state index is -4.73. The third-order valence-corrected chi connectivity index (χ3v) is 3.38. The lowest BCUT2D eigenvalue weighted by molar-refractivity contribution is -0.274. The maximum atomic E-state index is 12.4. The predicted octanol–water partition coefficient (Wildman–Crippen LogP) is 3.33. The molecule has 2 heterocycles. The van der Waals surface area contributed by atoms with Gasteiger partial charge in [-0.25, -0.2) is 0 Å². The van der Waals surface area contributed by atoms with Crippen LogP contribution in [0, 0.1) is 0 Å². The highest BCUT2D eigenvalue weighted by Crippen LogP contribution is 2.33. The predicted molar refractivity (Wildman–Crippen MR) is 80.6 cm³/mol. The van der Waals surface area contributed by atoms with E-state index in [-0.39, 0.29) is 29.7 Å². The Balaban J connectivity index is 0.00000176. The monoisotopic (exact) mass is 333 g/mol. The van der Waals surface area contributed by atoms with Gasteiger partial charge < -0.3 is 15.4 Å². The highest BCUT2D eigenvalue weighted by atomic mass is 35.5. The van der Waals surface area contributed by atoms with E-state index in [1.54, 1.807) is 18.2 Å². The Kier molecular flexibility index (Phi) is 4.97. The minimum absolute atomic E-state index is 0. The fourth-order valence-corrected chi connectivity index (χ4v) is 2.48. The molecule has 0 bridgehead atoms. The van der Waals surface area contributed by atoms with Gasteiger partial charge in [0.25, 0.3) is 0 Å². The van der Waals surface area contributed by atoms with E-state index in [4.69, 9.17) is 0 Å². The van der Waals surface area contributed by atoms with Crippen molar-refractivity contribution in [2.45, 2.75) is 18.8 Å². The van der Waals surface area contributed by atoms with E-state index >= 15 is 0 Å². The van der Waals surface area contributed by atoms with E-state index in [9.17, 15) is 13.2 Å². The van der Waals surface area contributed by atoms with Gasteiger partial charge in [-0.15, -0.1) is 25.6 Å². The zero-order chi connectivity index (χ0) is 14.9. The maximum Gasteiger partial charge on any atom is 0.573 e. The normalized spacial score (nSPS) is 18.0. The highest BCUT2D eigenvalue weighted by molar-refractivity contribution is 5.95. The van der Waals surface area contributed by atoms with Gasteiger partial charge in [0.15, 0.2) is 5.75 Å². The molecule has 22 heavy (non-hydrogen) atoms. The van der Waals surface area contributed by atoms with Crippen LogP contribution in [0.2, 0.25) is 0 Å². The second kappa shape index (κ2) is 6.58. The van der Waals surface area contributed by atoms with Crippen molar-refractivity contribution in [3.8, 4) is 5.75 Å². The number of nitrogens with one attached hydrogen (secondary N) is 2. The van der Waals surface area contributed by atoms with E-state index in [1.165, 1.54) is 12.3 Å². The van der Waals surface area contributed by atoms with Gasteiger partial charge in [0.1, 0.15) is 5.52 Å². The molecular formula is C14H15ClF3N3O. The molecule has 4 nitrogen and oxygen atoms in total. The molecule has 1 aliphatic rings. The molecule has 0 unspecified atom stereocenters. The number of rotatable bonds is 3. The summed E-state index contributed by atoms with van der Waals surface area (Å²) in [6.45, 7) is 1.77. The fraction of sp³-hybridized carbons (Fsp3) is 0.357. The topological polar surface area (TPSA) is 46.2 Å². The first-order valence-corrected chi connectivity index (χ1v) is 6.64. The summed E-state index contributed by atoms with van der Waals surface area (Å²) in [6.07, 6.45) is -2.30. The molecule has 1 fully saturated rings. The number of fused-ring (bicyclic) bond motifs is 1. The van der Waals surface area contributed by atoms with Crippen LogP contribution in [-0.4, -0.2) is 30.5 Å². The molecule has 0 radical (unpaired) electrons. The summed E-state index contributed by atoms with van der Waals surface area (Å²) in [7, 11) is 0. The molecule has 3 rings (SSSR count). The molecule has 120 valence electrons. The number of hydrogen-bond donors (Lipinski definition) is 2. The number of benzene rings is 1. The number of anilines is 1. The van der Waals surface area contributed by atoms with Crippen molar-refractivity contribution in [2.24, 2.45) is 0 Å². The molecule has 1 aromatic carbocycles. The lowest BCUT2D eigenvalue weighted by Crippen LogP contribution is -2.22. The number of halogens is 4. The number of ether oxygens (including phenoxy) is 1. The van der Waals surface area contributed by atoms with Crippen LogP contribution in [-0.2, 0) is 0 Å². The van der Waals surface area contributed by atoms with Gasteiger partial charge in [0.2, 0.25) is 0 Å². The summed E-state index contributed by atoms with van der Waals surface area (Å²) in [5.41, 5.74) is 0.965. The summed E-state index contributed by atoms with van der Waals surface area (Å²) >= 11 is 0. The minimum Gasteiger partial charge on any atom is -0.403 e. The highest BCUT2D eigenvalue weighted by Gasteiger charge is 2.32. The van der Waals surface area contributed by atoms with E-state index < -0.39 is 6.36 Å². The third-order valence-electron chi connectivity index (χ3n) is 3.38. The fourth-order valence-electron chi connectivity index (χ4n) is 2.48. The molecule has 2 N–H and O–H groups in total. The number of hydrogen-bond acceptors (Lipinski definition) is 4. The molecular weight excluding hydrogens is 319 g/mol. The van der Waals surface area contributed by atoms with Crippen LogP contribution >= 0.6 is 12.4 Å². The standard InChI is InChI=1S/C14H14F3N3O.ClH/c15-14(16,17)21-12-4-3-11(20-9-5-7-18-8-9)10-2-1-6-19-13(10)12;/h1-4,6,9,18,20H,5,7-8H2;1H/t9-;/m0./s1. The second-order valence-electron chi connectivity index (χ2n) is 4.89. The van der Waals surface area contributed by atoms with Crippen LogP contribution < -0.4 is 15.4 Å². The van der Waals surface area contributed by atoms with Crippen molar-refractivity contribution >= 4 is 29.0 Å². The summed E-state index contributed by atoms with van der Waals surface area (Å²) in [5.74, 6) is -0.284. The zero-order valence-corrected chi connectivity index (χ0v) is 12.3. The number of pyridine rings is 1. The summed E-state index contributed by atoms with van der Waals surface area (Å²) in [6, 6.07) is 6.59. The first-order valence-electron chi connectivity index (χ1n) is 6.64. The van der Waals surface area contributed by atoms with Crippen LogP contribution in [0.25, 0.3) is 10.9 Å². The first-order chi connectivity index (χ1) is 10.0. The van der Waals surface area contributed by atoms with E-state index in [1.807, 2.05) is 0 Å². The lowest BCUT2D eigenvalue weighted by Gasteiger charge is -2.17. The van der Waals surface area contributed by atoms with Crippen molar-refractivity contribution in [2.75, 3.05) is 18.4 Å². The molecule has 0 aliphatic carbocycles. The van der Waals surface area contributed by atoms with Crippen molar-refractivity contribution in [1.29, 1.82) is 0 Å². The number of nitrogens with zero attached hydrogens (tertiary/aromatic N) is 1. The Morgan fingerprint density at radius 3 is 2.77 bits per heavy atom. The molecule has 1 atom stereocenters. The molecule has 8 heteroatoms. The zero-order valence-electron chi connectivity index (χ0n) is 11.5. The van der Waals surface area contributed by atoms with Crippen LogP contribution in [0.3, 0.4) is 0 Å². The molecule has 1 aliphatic heterocycles. The molecule has 2 aromatic rings. The van der Waals surface area contributed by atoms with Gasteiger partial charge in [-0.2, -0.15) is 0 Å². The quantitative estimate of drug-likeness (QED) is 0.904. The third kappa shape index (κ3) is 3.72. The average Bonchev–Trinajstić information content (AvgIpc) is 2.93. The van der Waals surface area contributed by atoms with Crippen molar-refractivity contribution < 1.29 is 17.9 Å². The van der Waals surface area contributed by atoms with Gasteiger partial charge in [-0.05, 0) is 37.2 Å². The maximum absolute atomic E-state index is 12.4.